The minimum atomic E-state index is -1.11. The van der Waals surface area contributed by atoms with Crippen LogP contribution in [0.1, 0.15) is 16.7 Å². The Bertz CT molecular complexity index is 642. The third-order valence-corrected chi connectivity index (χ3v) is 4.18. The largest absolute Gasteiger partial charge is 0.465 e. The maximum atomic E-state index is 11.9. The summed E-state index contributed by atoms with van der Waals surface area (Å²) in [5.74, 6) is -0.0610. The summed E-state index contributed by atoms with van der Waals surface area (Å²) in [4.78, 5) is 24.0. The normalized spacial score (nSPS) is 15.6. The zero-order valence-corrected chi connectivity index (χ0v) is 13.3. The van der Waals surface area contributed by atoms with Gasteiger partial charge in [-0.2, -0.15) is 5.26 Å². The van der Waals surface area contributed by atoms with Crippen molar-refractivity contribution in [2.24, 2.45) is 5.92 Å². The van der Waals surface area contributed by atoms with E-state index < -0.39 is 6.09 Å². The highest BCUT2D eigenvalue weighted by atomic mass is 35.5. The molecule has 0 saturated carbocycles. The van der Waals surface area contributed by atoms with Gasteiger partial charge >= 0.3 is 6.09 Å². The Balaban J connectivity index is 1.96. The SMILES string of the molecule is N#Cc1ccc2c(c1)CC(CN(CCNC(=O)O)C(=O)CCl)C2. The number of rotatable bonds is 6. The molecule has 0 heterocycles. The second-order valence-electron chi connectivity index (χ2n) is 5.57. The lowest BCUT2D eigenvalue weighted by Crippen LogP contribution is -2.41. The molecule has 2 amide bonds. The van der Waals surface area contributed by atoms with Gasteiger partial charge < -0.3 is 15.3 Å². The highest BCUT2D eigenvalue weighted by Crippen LogP contribution is 2.28. The highest BCUT2D eigenvalue weighted by molar-refractivity contribution is 6.27. The number of nitriles is 1. The Kier molecular flexibility index (Phi) is 5.83. The molecule has 0 radical (unpaired) electrons. The van der Waals surface area contributed by atoms with E-state index >= 15 is 0 Å². The molecule has 7 heteroatoms. The van der Waals surface area contributed by atoms with Crippen molar-refractivity contribution in [1.29, 1.82) is 5.26 Å². The second kappa shape index (κ2) is 7.84. The molecule has 2 rings (SSSR count). The minimum Gasteiger partial charge on any atom is -0.465 e. The van der Waals surface area contributed by atoms with Crippen LogP contribution in [-0.2, 0) is 17.6 Å². The summed E-state index contributed by atoms with van der Waals surface area (Å²) < 4.78 is 0. The topological polar surface area (TPSA) is 93.4 Å². The maximum absolute atomic E-state index is 11.9. The molecule has 1 aromatic carbocycles. The van der Waals surface area contributed by atoms with E-state index in [9.17, 15) is 9.59 Å². The van der Waals surface area contributed by atoms with E-state index in [0.717, 1.165) is 18.4 Å². The van der Waals surface area contributed by atoms with Gasteiger partial charge in [0.1, 0.15) is 5.88 Å². The fourth-order valence-corrected chi connectivity index (χ4v) is 3.09. The fraction of sp³-hybridized carbons (Fsp3) is 0.438. The molecule has 1 aromatic rings. The van der Waals surface area contributed by atoms with Crippen molar-refractivity contribution in [3.8, 4) is 6.07 Å². The number of carboxylic acid groups (broad SMARTS) is 1. The van der Waals surface area contributed by atoms with Crippen LogP contribution in [0, 0.1) is 17.2 Å². The standard InChI is InChI=1S/C16H18ClN3O3/c17-8-15(21)20(4-3-19-16(22)23)10-12-6-13-2-1-11(9-18)5-14(13)7-12/h1-2,5,12,19H,3-4,6-8,10H2,(H,22,23). The summed E-state index contributed by atoms with van der Waals surface area (Å²) in [7, 11) is 0. The van der Waals surface area contributed by atoms with Gasteiger partial charge in [-0.1, -0.05) is 6.07 Å². The van der Waals surface area contributed by atoms with Crippen molar-refractivity contribution >= 4 is 23.6 Å². The van der Waals surface area contributed by atoms with Crippen LogP contribution in [0.2, 0.25) is 0 Å². The molecule has 0 spiro atoms. The quantitative estimate of drug-likeness (QED) is 0.772. The molecule has 1 atom stereocenters. The highest BCUT2D eigenvalue weighted by Gasteiger charge is 2.25. The lowest BCUT2D eigenvalue weighted by molar-refractivity contribution is -0.129. The third kappa shape index (κ3) is 4.60. The Morgan fingerprint density at radius 2 is 2.13 bits per heavy atom. The Labute approximate surface area is 139 Å². The lowest BCUT2D eigenvalue weighted by Gasteiger charge is -2.25. The van der Waals surface area contributed by atoms with Gasteiger partial charge in [-0.05, 0) is 42.0 Å². The average Bonchev–Trinajstić information content (AvgIpc) is 2.94. The fourth-order valence-electron chi connectivity index (χ4n) is 2.92. The first-order valence-corrected chi connectivity index (χ1v) is 7.89. The molecule has 1 unspecified atom stereocenters. The molecule has 0 aliphatic heterocycles. The predicted molar refractivity (Wildman–Crippen MR) is 85.4 cm³/mol. The van der Waals surface area contributed by atoms with E-state index in [1.807, 2.05) is 12.1 Å². The molecule has 0 bridgehead atoms. The van der Waals surface area contributed by atoms with Gasteiger partial charge in [0, 0.05) is 19.6 Å². The van der Waals surface area contributed by atoms with Crippen molar-refractivity contribution in [3.63, 3.8) is 0 Å². The number of nitrogens with zero attached hydrogens (tertiary/aromatic N) is 2. The van der Waals surface area contributed by atoms with Crippen molar-refractivity contribution in [2.45, 2.75) is 12.8 Å². The lowest BCUT2D eigenvalue weighted by atomic mass is 10.1. The van der Waals surface area contributed by atoms with Crippen LogP contribution in [0.5, 0.6) is 0 Å². The number of nitrogens with one attached hydrogen (secondary N) is 1. The van der Waals surface area contributed by atoms with E-state index in [1.165, 1.54) is 5.56 Å². The van der Waals surface area contributed by atoms with Gasteiger partial charge in [-0.15, -0.1) is 11.6 Å². The molecule has 1 aliphatic carbocycles. The summed E-state index contributed by atoms with van der Waals surface area (Å²) in [6.45, 7) is 1.01. The molecule has 122 valence electrons. The van der Waals surface area contributed by atoms with Crippen molar-refractivity contribution in [2.75, 3.05) is 25.5 Å². The number of fused-ring (bicyclic) bond motifs is 1. The van der Waals surface area contributed by atoms with Crippen molar-refractivity contribution < 1.29 is 14.7 Å². The van der Waals surface area contributed by atoms with Crippen LogP contribution < -0.4 is 5.32 Å². The van der Waals surface area contributed by atoms with E-state index in [0.29, 0.717) is 18.7 Å². The summed E-state index contributed by atoms with van der Waals surface area (Å²) >= 11 is 5.64. The number of hydrogen-bond donors (Lipinski definition) is 2. The molecule has 2 N–H and O–H groups in total. The van der Waals surface area contributed by atoms with Crippen LogP contribution >= 0.6 is 11.6 Å². The monoisotopic (exact) mass is 335 g/mol. The Morgan fingerprint density at radius 3 is 2.78 bits per heavy atom. The molecule has 1 aliphatic rings. The van der Waals surface area contributed by atoms with Gasteiger partial charge in [-0.3, -0.25) is 4.79 Å². The average molecular weight is 336 g/mol. The molecule has 23 heavy (non-hydrogen) atoms. The summed E-state index contributed by atoms with van der Waals surface area (Å²) in [6, 6.07) is 7.80. The second-order valence-corrected chi connectivity index (χ2v) is 5.84. The van der Waals surface area contributed by atoms with Gasteiger partial charge in [-0.25, -0.2) is 4.79 Å². The van der Waals surface area contributed by atoms with Crippen molar-refractivity contribution in [3.05, 3.63) is 34.9 Å². The zero-order valence-electron chi connectivity index (χ0n) is 12.6. The molecule has 0 fully saturated rings. The first-order chi connectivity index (χ1) is 11.0. The first-order valence-electron chi connectivity index (χ1n) is 7.36. The first kappa shape index (κ1) is 17.1. The Hall–Kier alpha value is -2.26. The number of benzene rings is 1. The minimum absolute atomic E-state index is 0.120. The van der Waals surface area contributed by atoms with Gasteiger partial charge in [0.2, 0.25) is 5.91 Å². The van der Waals surface area contributed by atoms with Crippen LogP contribution in [0.25, 0.3) is 0 Å². The summed E-state index contributed by atoms with van der Waals surface area (Å²) in [5, 5.41) is 19.8. The van der Waals surface area contributed by atoms with Crippen LogP contribution in [0.15, 0.2) is 18.2 Å². The molecule has 0 aromatic heterocycles. The van der Waals surface area contributed by atoms with Crippen LogP contribution in [0.3, 0.4) is 0 Å². The van der Waals surface area contributed by atoms with E-state index in [1.54, 1.807) is 11.0 Å². The Morgan fingerprint density at radius 1 is 1.39 bits per heavy atom. The number of alkyl halides is 1. The molecule has 0 saturated heterocycles. The van der Waals surface area contributed by atoms with Gasteiger partial charge in [0.25, 0.3) is 0 Å². The summed E-state index contributed by atoms with van der Waals surface area (Å²) in [5.41, 5.74) is 3.00. The molecule has 6 nitrogen and oxygen atoms in total. The zero-order chi connectivity index (χ0) is 16.8. The third-order valence-electron chi connectivity index (χ3n) is 3.96. The number of halogens is 1. The van der Waals surface area contributed by atoms with Crippen LogP contribution in [0.4, 0.5) is 4.79 Å². The van der Waals surface area contributed by atoms with Crippen LogP contribution in [-0.4, -0.2) is 47.5 Å². The molecular formula is C16H18ClN3O3. The smallest absolute Gasteiger partial charge is 0.404 e. The van der Waals surface area contributed by atoms with E-state index in [4.69, 9.17) is 22.0 Å². The van der Waals surface area contributed by atoms with E-state index in [2.05, 4.69) is 11.4 Å². The number of carbonyl (C=O) groups is 2. The number of carbonyl (C=O) groups excluding carboxylic acids is 1. The number of amides is 2. The van der Waals surface area contributed by atoms with Crippen molar-refractivity contribution in [1.82, 2.24) is 10.2 Å². The van der Waals surface area contributed by atoms with Gasteiger partial charge in [0.15, 0.2) is 0 Å². The maximum Gasteiger partial charge on any atom is 0.404 e. The molecular weight excluding hydrogens is 318 g/mol. The predicted octanol–water partition coefficient (Wildman–Crippen LogP) is 1.61. The van der Waals surface area contributed by atoms with E-state index in [-0.39, 0.29) is 24.2 Å². The number of hydrogen-bond acceptors (Lipinski definition) is 3. The summed E-state index contributed by atoms with van der Waals surface area (Å²) in [6.07, 6.45) is 0.545. The van der Waals surface area contributed by atoms with Gasteiger partial charge in [0.05, 0.1) is 11.6 Å².